The van der Waals surface area contributed by atoms with Crippen molar-refractivity contribution in [2.45, 2.75) is 0 Å². The largest absolute Gasteiger partial charge is 0.497 e. The normalized spacial score (nSPS) is 10.8. The van der Waals surface area contributed by atoms with Crippen LogP contribution in [0.4, 0.5) is 5.82 Å². The molecule has 4 rings (SSSR count). The molecule has 0 bridgehead atoms. The van der Waals surface area contributed by atoms with Gasteiger partial charge < -0.3 is 15.0 Å². The predicted molar refractivity (Wildman–Crippen MR) is 93.3 cm³/mol. The van der Waals surface area contributed by atoms with Gasteiger partial charge in [-0.2, -0.15) is 10.1 Å². The third-order valence-electron chi connectivity index (χ3n) is 3.81. The summed E-state index contributed by atoms with van der Waals surface area (Å²) in [6, 6.07) is 17.0. The fourth-order valence-electron chi connectivity index (χ4n) is 2.49. The second-order valence-corrected chi connectivity index (χ2v) is 5.34. The Morgan fingerprint density at radius 3 is 2.52 bits per heavy atom. The highest BCUT2D eigenvalue weighted by Crippen LogP contribution is 2.28. The maximum absolute atomic E-state index is 6.21. The lowest BCUT2D eigenvalue weighted by Crippen LogP contribution is -2.01. The molecule has 0 spiro atoms. The monoisotopic (exact) mass is 333 g/mol. The number of ether oxygens (including phenoxy) is 1. The van der Waals surface area contributed by atoms with Crippen LogP contribution in [0.25, 0.3) is 28.5 Å². The van der Waals surface area contributed by atoms with E-state index in [1.807, 2.05) is 54.6 Å². The van der Waals surface area contributed by atoms with E-state index in [-0.39, 0.29) is 0 Å². The van der Waals surface area contributed by atoms with Crippen LogP contribution in [0.5, 0.6) is 5.75 Å². The van der Waals surface area contributed by atoms with Crippen molar-refractivity contribution in [3.8, 4) is 34.3 Å². The fourth-order valence-corrected chi connectivity index (χ4v) is 2.49. The van der Waals surface area contributed by atoms with Gasteiger partial charge in [0.25, 0.3) is 5.89 Å². The highest BCUT2D eigenvalue weighted by Gasteiger charge is 2.17. The second kappa shape index (κ2) is 6.12. The van der Waals surface area contributed by atoms with Crippen molar-refractivity contribution in [1.82, 2.24) is 19.9 Å². The minimum Gasteiger partial charge on any atom is -0.497 e. The van der Waals surface area contributed by atoms with Crippen LogP contribution in [0, 0.1) is 0 Å². The summed E-state index contributed by atoms with van der Waals surface area (Å²) in [5.41, 5.74) is 8.49. The average Bonchev–Trinajstić information content (AvgIpc) is 3.29. The SMILES string of the molecule is COc1ccc(-c2noc(-c3cnn(-c4ccccc4)c3N)n2)cc1. The lowest BCUT2D eigenvalue weighted by Gasteiger charge is -2.03. The van der Waals surface area contributed by atoms with Crippen LogP contribution in [-0.4, -0.2) is 27.0 Å². The van der Waals surface area contributed by atoms with Gasteiger partial charge in [0.05, 0.1) is 19.0 Å². The van der Waals surface area contributed by atoms with E-state index >= 15 is 0 Å². The van der Waals surface area contributed by atoms with Gasteiger partial charge in [0, 0.05) is 5.56 Å². The molecule has 2 aromatic carbocycles. The van der Waals surface area contributed by atoms with Gasteiger partial charge in [-0.1, -0.05) is 23.4 Å². The third-order valence-corrected chi connectivity index (χ3v) is 3.81. The zero-order chi connectivity index (χ0) is 17.2. The summed E-state index contributed by atoms with van der Waals surface area (Å²) in [4.78, 5) is 4.42. The summed E-state index contributed by atoms with van der Waals surface area (Å²) in [5.74, 6) is 2.01. The molecule has 7 heteroatoms. The Morgan fingerprint density at radius 2 is 1.80 bits per heavy atom. The molecule has 0 radical (unpaired) electrons. The summed E-state index contributed by atoms with van der Waals surface area (Å²) in [6.07, 6.45) is 1.62. The minimum absolute atomic E-state index is 0.325. The van der Waals surface area contributed by atoms with Crippen LogP contribution in [0.3, 0.4) is 0 Å². The van der Waals surface area contributed by atoms with Gasteiger partial charge in [0.15, 0.2) is 0 Å². The van der Waals surface area contributed by atoms with E-state index in [1.165, 1.54) is 0 Å². The number of benzene rings is 2. The Bertz CT molecular complexity index is 990. The highest BCUT2D eigenvalue weighted by atomic mass is 16.5. The van der Waals surface area contributed by atoms with Crippen LogP contribution in [-0.2, 0) is 0 Å². The van der Waals surface area contributed by atoms with Gasteiger partial charge in [0.1, 0.15) is 17.1 Å². The number of nitrogen functional groups attached to an aromatic ring is 1. The van der Waals surface area contributed by atoms with Crippen LogP contribution < -0.4 is 10.5 Å². The molecule has 7 nitrogen and oxygen atoms in total. The van der Waals surface area contributed by atoms with Crippen LogP contribution in [0.2, 0.25) is 0 Å². The van der Waals surface area contributed by atoms with Gasteiger partial charge >= 0.3 is 0 Å². The van der Waals surface area contributed by atoms with Gasteiger partial charge in [-0.25, -0.2) is 4.68 Å². The molecule has 2 N–H and O–H groups in total. The molecule has 0 amide bonds. The lowest BCUT2D eigenvalue weighted by molar-refractivity contribution is 0.415. The first kappa shape index (κ1) is 14.9. The maximum Gasteiger partial charge on any atom is 0.263 e. The minimum atomic E-state index is 0.325. The Morgan fingerprint density at radius 1 is 1.04 bits per heavy atom. The molecule has 2 aromatic heterocycles. The molecule has 0 fully saturated rings. The van der Waals surface area contributed by atoms with Crippen molar-refractivity contribution in [2.24, 2.45) is 0 Å². The zero-order valence-electron chi connectivity index (χ0n) is 13.5. The Kier molecular flexibility index (Phi) is 3.66. The van der Waals surface area contributed by atoms with Crippen molar-refractivity contribution in [1.29, 1.82) is 0 Å². The molecule has 0 saturated heterocycles. The molecular formula is C18H15N5O2. The number of methoxy groups -OCH3 is 1. The van der Waals surface area contributed by atoms with Crippen LogP contribution in [0.1, 0.15) is 0 Å². The summed E-state index contributed by atoms with van der Waals surface area (Å²) >= 11 is 0. The quantitative estimate of drug-likeness (QED) is 0.616. The molecular weight excluding hydrogens is 318 g/mol. The topological polar surface area (TPSA) is 92.0 Å². The van der Waals surface area contributed by atoms with Crippen molar-refractivity contribution >= 4 is 5.82 Å². The first-order valence-corrected chi connectivity index (χ1v) is 7.63. The fraction of sp³-hybridized carbons (Fsp3) is 0.0556. The van der Waals surface area contributed by atoms with Crippen molar-refractivity contribution in [3.05, 3.63) is 60.8 Å². The molecule has 0 aliphatic heterocycles. The number of nitrogens with zero attached hydrogens (tertiary/aromatic N) is 4. The summed E-state index contributed by atoms with van der Waals surface area (Å²) in [7, 11) is 1.62. The van der Waals surface area contributed by atoms with E-state index in [4.69, 9.17) is 15.0 Å². The van der Waals surface area contributed by atoms with Gasteiger partial charge in [-0.3, -0.25) is 0 Å². The van der Waals surface area contributed by atoms with E-state index in [2.05, 4.69) is 15.2 Å². The Balaban J connectivity index is 1.67. The van der Waals surface area contributed by atoms with E-state index in [1.54, 1.807) is 18.0 Å². The smallest absolute Gasteiger partial charge is 0.263 e. The average molecular weight is 333 g/mol. The van der Waals surface area contributed by atoms with Gasteiger partial charge in [0.2, 0.25) is 5.82 Å². The number of rotatable bonds is 4. The number of hydrogen-bond acceptors (Lipinski definition) is 6. The number of nitrogens with two attached hydrogens (primary N) is 1. The summed E-state index contributed by atoms with van der Waals surface area (Å²) in [5, 5.41) is 8.34. The predicted octanol–water partition coefficient (Wildman–Crippen LogP) is 3.18. The first-order chi connectivity index (χ1) is 12.3. The number of anilines is 1. The molecule has 124 valence electrons. The third kappa shape index (κ3) is 2.72. The second-order valence-electron chi connectivity index (χ2n) is 5.34. The maximum atomic E-state index is 6.21. The molecule has 0 aliphatic rings. The van der Waals surface area contributed by atoms with Crippen molar-refractivity contribution in [3.63, 3.8) is 0 Å². The lowest BCUT2D eigenvalue weighted by atomic mass is 10.2. The molecule has 0 aliphatic carbocycles. The van der Waals surface area contributed by atoms with Gasteiger partial charge in [-0.15, -0.1) is 0 Å². The van der Waals surface area contributed by atoms with E-state index < -0.39 is 0 Å². The van der Waals surface area contributed by atoms with Crippen LogP contribution >= 0.6 is 0 Å². The number of hydrogen-bond donors (Lipinski definition) is 1. The first-order valence-electron chi connectivity index (χ1n) is 7.63. The Labute approximate surface area is 143 Å². The van der Waals surface area contributed by atoms with Crippen LogP contribution in [0.15, 0.2) is 65.3 Å². The van der Waals surface area contributed by atoms with E-state index in [0.717, 1.165) is 17.0 Å². The molecule has 0 saturated carbocycles. The molecule has 2 heterocycles. The molecule has 0 unspecified atom stereocenters. The van der Waals surface area contributed by atoms with E-state index in [9.17, 15) is 0 Å². The van der Waals surface area contributed by atoms with Gasteiger partial charge in [-0.05, 0) is 36.4 Å². The highest BCUT2D eigenvalue weighted by molar-refractivity contribution is 5.70. The Hall–Kier alpha value is -3.61. The standard InChI is InChI=1S/C18H15N5O2/c1-24-14-9-7-12(8-10-14)17-21-18(25-22-17)15-11-20-23(16(15)19)13-5-3-2-4-6-13/h2-11H,19H2,1H3. The number of para-hydroxylation sites is 1. The molecule has 25 heavy (non-hydrogen) atoms. The molecule has 0 atom stereocenters. The molecule has 4 aromatic rings. The number of aromatic nitrogens is 4. The summed E-state index contributed by atoms with van der Waals surface area (Å²) in [6.45, 7) is 0. The zero-order valence-corrected chi connectivity index (χ0v) is 13.5. The van der Waals surface area contributed by atoms with E-state index in [0.29, 0.717) is 23.1 Å². The van der Waals surface area contributed by atoms with Crippen molar-refractivity contribution < 1.29 is 9.26 Å². The summed E-state index contributed by atoms with van der Waals surface area (Å²) < 4.78 is 12.1. The van der Waals surface area contributed by atoms with Crippen molar-refractivity contribution in [2.75, 3.05) is 12.8 Å².